The van der Waals surface area contributed by atoms with Gasteiger partial charge in [-0.15, -0.1) is 0 Å². The average molecular weight is 246 g/mol. The van der Waals surface area contributed by atoms with Crippen LogP contribution in [0.2, 0.25) is 0 Å². The lowest BCUT2D eigenvalue weighted by Gasteiger charge is -2.20. The maximum atomic E-state index is 11.0. The van der Waals surface area contributed by atoms with Crippen LogP contribution in [0.4, 0.5) is 10.5 Å². The maximum Gasteiger partial charge on any atom is 0.407 e. The third-order valence-electron chi connectivity index (χ3n) is 3.94. The first-order chi connectivity index (χ1) is 8.74. The van der Waals surface area contributed by atoms with E-state index in [9.17, 15) is 4.79 Å². The predicted molar refractivity (Wildman–Crippen MR) is 70.3 cm³/mol. The molecule has 0 aliphatic carbocycles. The van der Waals surface area contributed by atoms with Gasteiger partial charge in [-0.05, 0) is 48.4 Å². The molecule has 1 aromatic rings. The van der Waals surface area contributed by atoms with Crippen LogP contribution in [-0.4, -0.2) is 35.7 Å². The summed E-state index contributed by atoms with van der Waals surface area (Å²) in [5, 5.41) is 12.5. The summed E-state index contributed by atoms with van der Waals surface area (Å²) in [7, 11) is 0. The molecule has 0 fully saturated rings. The van der Waals surface area contributed by atoms with Gasteiger partial charge >= 0.3 is 6.09 Å². The van der Waals surface area contributed by atoms with Crippen molar-refractivity contribution in [1.82, 2.24) is 4.90 Å². The first-order valence-corrected chi connectivity index (χ1v) is 6.60. The lowest BCUT2D eigenvalue weighted by molar-refractivity contribution is 0.147. The van der Waals surface area contributed by atoms with Crippen molar-refractivity contribution in [2.45, 2.75) is 25.7 Å². The summed E-state index contributed by atoms with van der Waals surface area (Å²) >= 11 is 0. The molecule has 0 spiro atoms. The molecule has 4 nitrogen and oxygen atoms in total. The zero-order valence-electron chi connectivity index (χ0n) is 10.4. The number of amides is 1. The number of nitrogens with one attached hydrogen (secondary N) is 1. The van der Waals surface area contributed by atoms with Crippen molar-refractivity contribution in [1.29, 1.82) is 0 Å². The normalized spacial score (nSPS) is 18.3. The van der Waals surface area contributed by atoms with Crippen molar-refractivity contribution in [3.05, 3.63) is 28.8 Å². The Morgan fingerprint density at radius 3 is 2.56 bits per heavy atom. The van der Waals surface area contributed by atoms with E-state index in [4.69, 9.17) is 5.11 Å². The molecule has 0 unspecified atom stereocenters. The van der Waals surface area contributed by atoms with Gasteiger partial charge in [0.05, 0.1) is 0 Å². The second-order valence-corrected chi connectivity index (χ2v) is 5.08. The lowest BCUT2D eigenvalue weighted by Crippen LogP contribution is -2.31. The standard InChI is InChI=1S/C14H18N2O2/c17-14(18)16-6-3-10-8-12-2-1-5-15-13(12)9-11(10)4-7-16/h8-9,15H,1-7H2,(H,17,18). The molecule has 18 heavy (non-hydrogen) atoms. The highest BCUT2D eigenvalue weighted by atomic mass is 16.4. The van der Waals surface area contributed by atoms with Crippen molar-refractivity contribution >= 4 is 11.8 Å². The van der Waals surface area contributed by atoms with Crippen molar-refractivity contribution in [3.8, 4) is 0 Å². The van der Waals surface area contributed by atoms with Crippen LogP contribution in [0, 0.1) is 0 Å². The van der Waals surface area contributed by atoms with Crippen molar-refractivity contribution in [3.63, 3.8) is 0 Å². The van der Waals surface area contributed by atoms with E-state index >= 15 is 0 Å². The number of hydrogen-bond donors (Lipinski definition) is 2. The van der Waals surface area contributed by atoms with Crippen molar-refractivity contribution in [2.24, 2.45) is 0 Å². The van der Waals surface area contributed by atoms with Crippen LogP contribution in [-0.2, 0) is 19.3 Å². The molecule has 0 saturated carbocycles. The van der Waals surface area contributed by atoms with Crippen LogP contribution < -0.4 is 5.32 Å². The number of hydrogen-bond acceptors (Lipinski definition) is 2. The number of nitrogens with zero attached hydrogens (tertiary/aromatic N) is 1. The Morgan fingerprint density at radius 2 is 1.83 bits per heavy atom. The van der Waals surface area contributed by atoms with E-state index < -0.39 is 6.09 Å². The Kier molecular flexibility index (Phi) is 2.86. The van der Waals surface area contributed by atoms with E-state index in [1.165, 1.54) is 33.7 Å². The molecular formula is C14H18N2O2. The van der Waals surface area contributed by atoms with Gasteiger partial charge in [0.1, 0.15) is 0 Å². The number of carbonyl (C=O) groups is 1. The highest BCUT2D eigenvalue weighted by Gasteiger charge is 2.19. The molecular weight excluding hydrogens is 228 g/mol. The van der Waals surface area contributed by atoms with E-state index in [0.29, 0.717) is 13.1 Å². The van der Waals surface area contributed by atoms with Gasteiger partial charge in [-0.2, -0.15) is 0 Å². The third-order valence-corrected chi connectivity index (χ3v) is 3.94. The highest BCUT2D eigenvalue weighted by molar-refractivity contribution is 5.65. The van der Waals surface area contributed by atoms with Gasteiger partial charge in [-0.25, -0.2) is 4.79 Å². The van der Waals surface area contributed by atoms with Gasteiger partial charge in [-0.1, -0.05) is 6.07 Å². The fourth-order valence-corrected chi connectivity index (χ4v) is 2.89. The largest absolute Gasteiger partial charge is 0.465 e. The monoisotopic (exact) mass is 246 g/mol. The molecule has 4 heteroatoms. The minimum atomic E-state index is -0.800. The molecule has 1 aromatic carbocycles. The number of anilines is 1. The second kappa shape index (κ2) is 4.52. The van der Waals surface area contributed by atoms with Gasteiger partial charge in [0, 0.05) is 25.3 Å². The molecule has 0 atom stereocenters. The van der Waals surface area contributed by atoms with Crippen molar-refractivity contribution < 1.29 is 9.90 Å². The number of carboxylic acid groups (broad SMARTS) is 1. The number of benzene rings is 1. The molecule has 2 heterocycles. The first kappa shape index (κ1) is 11.4. The smallest absolute Gasteiger partial charge is 0.407 e. The minimum absolute atomic E-state index is 0.612. The lowest BCUT2D eigenvalue weighted by atomic mass is 9.94. The Hall–Kier alpha value is -1.71. The fraction of sp³-hybridized carbons (Fsp3) is 0.500. The number of aryl methyl sites for hydroxylation is 1. The highest BCUT2D eigenvalue weighted by Crippen LogP contribution is 2.28. The minimum Gasteiger partial charge on any atom is -0.465 e. The quantitative estimate of drug-likeness (QED) is 0.737. The van der Waals surface area contributed by atoms with Crippen LogP contribution in [0.15, 0.2) is 12.1 Å². The summed E-state index contributed by atoms with van der Waals surface area (Å²) in [6.07, 6.45) is 3.20. The van der Waals surface area contributed by atoms with Crippen LogP contribution >= 0.6 is 0 Å². The van der Waals surface area contributed by atoms with Gasteiger partial charge in [0.25, 0.3) is 0 Å². The van der Waals surface area contributed by atoms with Gasteiger partial charge in [-0.3, -0.25) is 0 Å². The molecule has 96 valence electrons. The number of rotatable bonds is 0. The summed E-state index contributed by atoms with van der Waals surface area (Å²) in [4.78, 5) is 12.5. The molecule has 0 saturated heterocycles. The molecule has 2 N–H and O–H groups in total. The predicted octanol–water partition coefficient (Wildman–Crippen LogP) is 2.12. The summed E-state index contributed by atoms with van der Waals surface area (Å²) < 4.78 is 0. The molecule has 2 aliphatic heterocycles. The zero-order valence-corrected chi connectivity index (χ0v) is 10.4. The van der Waals surface area contributed by atoms with Crippen molar-refractivity contribution in [2.75, 3.05) is 25.0 Å². The third kappa shape index (κ3) is 2.03. The molecule has 0 aromatic heterocycles. The molecule has 3 rings (SSSR count). The summed E-state index contributed by atoms with van der Waals surface area (Å²) in [6.45, 7) is 2.28. The fourth-order valence-electron chi connectivity index (χ4n) is 2.89. The Bertz CT molecular complexity index is 448. The van der Waals surface area contributed by atoms with E-state index in [2.05, 4.69) is 17.4 Å². The van der Waals surface area contributed by atoms with E-state index in [1.54, 1.807) is 0 Å². The summed E-state index contributed by atoms with van der Waals surface area (Å²) in [5.41, 5.74) is 5.29. The van der Waals surface area contributed by atoms with E-state index in [0.717, 1.165) is 25.8 Å². The van der Waals surface area contributed by atoms with E-state index in [-0.39, 0.29) is 0 Å². The van der Waals surface area contributed by atoms with Gasteiger partial charge in [0.15, 0.2) is 0 Å². The number of fused-ring (bicyclic) bond motifs is 2. The molecule has 2 aliphatic rings. The molecule has 0 radical (unpaired) electrons. The Labute approximate surface area is 107 Å². The topological polar surface area (TPSA) is 52.6 Å². The maximum absolute atomic E-state index is 11.0. The molecule has 0 bridgehead atoms. The van der Waals surface area contributed by atoms with E-state index in [1.807, 2.05) is 0 Å². The van der Waals surface area contributed by atoms with Gasteiger partial charge < -0.3 is 15.3 Å². The Balaban J connectivity index is 1.89. The van der Waals surface area contributed by atoms with Crippen LogP contribution in [0.1, 0.15) is 23.1 Å². The zero-order chi connectivity index (χ0) is 12.5. The summed E-state index contributed by atoms with van der Waals surface area (Å²) in [5.74, 6) is 0. The molecule has 1 amide bonds. The SMILES string of the molecule is O=C(O)N1CCc2cc3c(cc2CC1)NCCC3. The van der Waals surface area contributed by atoms with Crippen LogP contribution in [0.5, 0.6) is 0 Å². The van der Waals surface area contributed by atoms with Crippen LogP contribution in [0.3, 0.4) is 0 Å². The van der Waals surface area contributed by atoms with Gasteiger partial charge in [0.2, 0.25) is 0 Å². The van der Waals surface area contributed by atoms with Crippen LogP contribution in [0.25, 0.3) is 0 Å². The first-order valence-electron chi connectivity index (χ1n) is 6.60. The summed E-state index contributed by atoms with van der Waals surface area (Å²) in [6, 6.07) is 4.51. The second-order valence-electron chi connectivity index (χ2n) is 5.08. The Morgan fingerprint density at radius 1 is 1.11 bits per heavy atom. The average Bonchev–Trinajstić information content (AvgIpc) is 2.58.